The molecule has 90 valence electrons. The Kier molecular flexibility index (Phi) is 5.32. The lowest BCUT2D eigenvalue weighted by Gasteiger charge is -2.17. The Balaban J connectivity index is 2.56. The average molecular weight is 244 g/mol. The molecule has 0 aliphatic rings. The Labute approximate surface area is 101 Å². The molecule has 16 heavy (non-hydrogen) atoms. The van der Waals surface area contributed by atoms with Gasteiger partial charge in [0.05, 0.1) is 0 Å². The van der Waals surface area contributed by atoms with Crippen molar-refractivity contribution in [3.05, 3.63) is 22.7 Å². The number of rotatable bonds is 6. The van der Waals surface area contributed by atoms with Gasteiger partial charge in [-0.2, -0.15) is 0 Å². The number of alkyl halides is 1. The van der Waals surface area contributed by atoms with E-state index in [0.29, 0.717) is 11.7 Å². The maximum Gasteiger partial charge on any atom is 0.293 e. The van der Waals surface area contributed by atoms with Crippen molar-refractivity contribution in [2.24, 2.45) is 7.05 Å². The Morgan fingerprint density at radius 1 is 1.44 bits per heavy atom. The van der Waals surface area contributed by atoms with Crippen molar-refractivity contribution < 1.29 is 0 Å². The van der Waals surface area contributed by atoms with Crippen LogP contribution in [0.3, 0.4) is 0 Å². The van der Waals surface area contributed by atoms with Crippen molar-refractivity contribution >= 4 is 17.4 Å². The van der Waals surface area contributed by atoms with Gasteiger partial charge in [0.1, 0.15) is 0 Å². The molecule has 1 aromatic rings. The summed E-state index contributed by atoms with van der Waals surface area (Å²) >= 11 is 5.60. The van der Waals surface area contributed by atoms with Crippen LogP contribution in [0.1, 0.15) is 19.3 Å². The first-order valence-corrected chi connectivity index (χ1v) is 5.99. The molecule has 4 nitrogen and oxygen atoms in total. The minimum absolute atomic E-state index is 0.0534. The summed E-state index contributed by atoms with van der Waals surface area (Å²) in [7, 11) is 3.62. The lowest BCUT2D eigenvalue weighted by molar-refractivity contribution is 0.696. The molecule has 0 aromatic carbocycles. The zero-order valence-electron chi connectivity index (χ0n) is 9.82. The highest BCUT2D eigenvalue weighted by Gasteiger charge is 2.07. The number of aromatic nitrogens is 2. The summed E-state index contributed by atoms with van der Waals surface area (Å²) in [6.07, 6.45) is 6.44. The topological polar surface area (TPSA) is 38.1 Å². The molecule has 1 heterocycles. The molecule has 0 aliphatic carbocycles. The molecule has 0 bridgehead atoms. The predicted molar refractivity (Wildman–Crippen MR) is 67.3 cm³/mol. The van der Waals surface area contributed by atoms with E-state index in [2.05, 4.69) is 4.98 Å². The molecule has 5 heteroatoms. The van der Waals surface area contributed by atoms with Gasteiger partial charge in [0.25, 0.3) is 5.56 Å². The number of halogens is 1. The Hall–Kier alpha value is -1.03. The van der Waals surface area contributed by atoms with Gasteiger partial charge in [0.2, 0.25) is 0 Å². The van der Waals surface area contributed by atoms with Crippen molar-refractivity contribution in [2.75, 3.05) is 24.4 Å². The molecule has 1 rings (SSSR count). The first-order valence-electron chi connectivity index (χ1n) is 5.45. The fourth-order valence-electron chi connectivity index (χ4n) is 1.47. The Morgan fingerprint density at radius 2 is 2.19 bits per heavy atom. The van der Waals surface area contributed by atoms with Crippen LogP contribution in [0.4, 0.5) is 5.82 Å². The summed E-state index contributed by atoms with van der Waals surface area (Å²) < 4.78 is 1.54. The SMILES string of the molecule is CN(CCCCCCl)c1nccn(C)c1=O. The monoisotopic (exact) mass is 243 g/mol. The van der Waals surface area contributed by atoms with Crippen LogP contribution in [-0.2, 0) is 7.05 Å². The third-order valence-electron chi connectivity index (χ3n) is 2.49. The highest BCUT2D eigenvalue weighted by Crippen LogP contribution is 2.04. The molecule has 0 N–H and O–H groups in total. The van der Waals surface area contributed by atoms with Crippen molar-refractivity contribution in [3.8, 4) is 0 Å². The van der Waals surface area contributed by atoms with Crippen molar-refractivity contribution in [2.45, 2.75) is 19.3 Å². The van der Waals surface area contributed by atoms with Crippen LogP contribution in [-0.4, -0.2) is 29.0 Å². The molecule has 0 radical (unpaired) electrons. The van der Waals surface area contributed by atoms with Gasteiger partial charge in [-0.25, -0.2) is 4.98 Å². The Morgan fingerprint density at radius 3 is 2.88 bits per heavy atom. The zero-order valence-corrected chi connectivity index (χ0v) is 10.6. The van der Waals surface area contributed by atoms with Gasteiger partial charge in [-0.3, -0.25) is 4.79 Å². The van der Waals surface area contributed by atoms with Gasteiger partial charge in [0, 0.05) is 38.9 Å². The first-order chi connectivity index (χ1) is 7.66. The fourth-order valence-corrected chi connectivity index (χ4v) is 1.66. The van der Waals surface area contributed by atoms with Crippen LogP contribution < -0.4 is 10.5 Å². The number of unbranched alkanes of at least 4 members (excludes halogenated alkanes) is 2. The highest BCUT2D eigenvalue weighted by molar-refractivity contribution is 6.17. The smallest absolute Gasteiger partial charge is 0.293 e. The summed E-state index contributed by atoms with van der Waals surface area (Å²) in [5.74, 6) is 1.21. The molecular weight excluding hydrogens is 226 g/mol. The van der Waals surface area contributed by atoms with E-state index >= 15 is 0 Å². The van der Waals surface area contributed by atoms with Gasteiger partial charge < -0.3 is 9.47 Å². The molecule has 0 unspecified atom stereocenters. The summed E-state index contributed by atoms with van der Waals surface area (Å²) in [5, 5.41) is 0. The minimum Gasteiger partial charge on any atom is -0.355 e. The predicted octanol–water partition coefficient (Wildman–Crippen LogP) is 1.63. The van der Waals surface area contributed by atoms with Crippen LogP contribution in [0.2, 0.25) is 0 Å². The molecular formula is C11H18ClN3O. The van der Waals surface area contributed by atoms with Crippen LogP contribution >= 0.6 is 11.6 Å². The summed E-state index contributed by atoms with van der Waals surface area (Å²) in [6.45, 7) is 0.836. The van der Waals surface area contributed by atoms with E-state index in [0.717, 1.165) is 25.8 Å². The summed E-state index contributed by atoms with van der Waals surface area (Å²) in [5.41, 5.74) is -0.0534. The maximum atomic E-state index is 11.7. The van der Waals surface area contributed by atoms with Crippen molar-refractivity contribution in [3.63, 3.8) is 0 Å². The van der Waals surface area contributed by atoms with E-state index in [-0.39, 0.29) is 5.56 Å². The van der Waals surface area contributed by atoms with E-state index in [4.69, 9.17) is 11.6 Å². The first kappa shape index (κ1) is 13.0. The number of hydrogen-bond acceptors (Lipinski definition) is 3. The average Bonchev–Trinajstić information content (AvgIpc) is 2.28. The molecule has 0 atom stereocenters. The van der Waals surface area contributed by atoms with Gasteiger partial charge >= 0.3 is 0 Å². The lowest BCUT2D eigenvalue weighted by Crippen LogP contribution is -2.30. The molecule has 0 saturated heterocycles. The molecule has 0 aliphatic heterocycles. The van der Waals surface area contributed by atoms with E-state index in [1.54, 1.807) is 19.4 Å². The largest absolute Gasteiger partial charge is 0.355 e. The zero-order chi connectivity index (χ0) is 12.0. The maximum absolute atomic E-state index is 11.7. The van der Waals surface area contributed by atoms with E-state index in [1.807, 2.05) is 11.9 Å². The normalized spacial score (nSPS) is 10.4. The number of anilines is 1. The van der Waals surface area contributed by atoms with E-state index < -0.39 is 0 Å². The molecule has 0 fully saturated rings. The van der Waals surface area contributed by atoms with E-state index in [1.165, 1.54) is 4.57 Å². The fraction of sp³-hybridized carbons (Fsp3) is 0.636. The summed E-state index contributed by atoms with van der Waals surface area (Å²) in [4.78, 5) is 17.7. The number of hydrogen-bond donors (Lipinski definition) is 0. The third kappa shape index (κ3) is 3.52. The molecule has 1 aromatic heterocycles. The quantitative estimate of drug-likeness (QED) is 0.563. The van der Waals surface area contributed by atoms with Crippen molar-refractivity contribution in [1.29, 1.82) is 0 Å². The molecule has 0 saturated carbocycles. The van der Waals surface area contributed by atoms with Crippen LogP contribution in [0.15, 0.2) is 17.2 Å². The van der Waals surface area contributed by atoms with Gasteiger partial charge in [-0.1, -0.05) is 6.42 Å². The second-order valence-corrected chi connectivity index (χ2v) is 4.22. The van der Waals surface area contributed by atoms with Crippen LogP contribution in [0, 0.1) is 0 Å². The van der Waals surface area contributed by atoms with Crippen LogP contribution in [0.25, 0.3) is 0 Å². The van der Waals surface area contributed by atoms with Gasteiger partial charge in [-0.15, -0.1) is 11.6 Å². The third-order valence-corrected chi connectivity index (χ3v) is 2.75. The highest BCUT2D eigenvalue weighted by atomic mass is 35.5. The minimum atomic E-state index is -0.0534. The van der Waals surface area contributed by atoms with E-state index in [9.17, 15) is 4.79 Å². The molecule has 0 spiro atoms. The standard InChI is InChI=1S/C11H18ClN3O/c1-14(8-5-3-4-6-12)10-11(16)15(2)9-7-13-10/h7,9H,3-6,8H2,1-2H3. The van der Waals surface area contributed by atoms with Crippen molar-refractivity contribution in [1.82, 2.24) is 9.55 Å². The second kappa shape index (κ2) is 6.53. The van der Waals surface area contributed by atoms with Gasteiger partial charge in [-0.05, 0) is 12.8 Å². The second-order valence-electron chi connectivity index (χ2n) is 3.84. The number of aryl methyl sites for hydroxylation is 1. The number of nitrogens with zero attached hydrogens (tertiary/aromatic N) is 3. The lowest BCUT2D eigenvalue weighted by atomic mass is 10.2. The Bertz CT molecular complexity index is 378. The molecule has 0 amide bonds. The van der Waals surface area contributed by atoms with Gasteiger partial charge in [0.15, 0.2) is 5.82 Å². The summed E-state index contributed by atoms with van der Waals surface area (Å²) in [6, 6.07) is 0. The van der Waals surface area contributed by atoms with Crippen LogP contribution in [0.5, 0.6) is 0 Å².